The minimum atomic E-state index is -0.840. The van der Waals surface area contributed by atoms with Crippen LogP contribution in [0.25, 0.3) is 0 Å². The molecule has 0 aliphatic heterocycles. The van der Waals surface area contributed by atoms with Crippen molar-refractivity contribution in [1.29, 1.82) is 0 Å². The Balaban J connectivity index is 3.07. The second kappa shape index (κ2) is 3.15. The summed E-state index contributed by atoms with van der Waals surface area (Å²) >= 11 is 0.520. The average molecular weight is 322 g/mol. The summed E-state index contributed by atoms with van der Waals surface area (Å²) in [4.78, 5) is 10.4. The van der Waals surface area contributed by atoms with Crippen LogP contribution in [0.5, 0.6) is 0 Å². The second-order valence-electron chi connectivity index (χ2n) is 2.01. The van der Waals surface area contributed by atoms with E-state index in [1.807, 2.05) is 6.07 Å². The molecule has 47 valence electrons. The van der Waals surface area contributed by atoms with Crippen LogP contribution in [-0.4, -0.2) is 11.1 Å². The van der Waals surface area contributed by atoms with Crippen molar-refractivity contribution in [3.05, 3.63) is 29.8 Å². The zero-order valence-electron chi connectivity index (χ0n) is 5.37. The zero-order valence-corrected chi connectivity index (χ0v) is 10.9. The van der Waals surface area contributed by atoms with Crippen molar-refractivity contribution in [2.24, 2.45) is 0 Å². The van der Waals surface area contributed by atoms with Crippen molar-refractivity contribution in [1.82, 2.24) is 0 Å². The van der Waals surface area contributed by atoms with Crippen LogP contribution in [0.2, 0.25) is 0 Å². The second-order valence-corrected chi connectivity index (χ2v) is 5.18. The molecule has 0 aliphatic rings. The van der Waals surface area contributed by atoms with Gasteiger partial charge in [0.25, 0.3) is 0 Å². The first-order chi connectivity index (χ1) is 4.70. The van der Waals surface area contributed by atoms with Gasteiger partial charge in [0, 0.05) is 0 Å². The van der Waals surface area contributed by atoms with Gasteiger partial charge in [-0.1, -0.05) is 0 Å². The Bertz CT molecular complexity index is 258. The van der Waals surface area contributed by atoms with Gasteiger partial charge in [0.2, 0.25) is 0 Å². The minimum absolute atomic E-state index is 0.396. The SMILES string of the molecule is O=C(O)c1ccc[c]([Hg])c1. The number of carboxylic acids is 1. The fraction of sp³-hybridized carbons (Fsp3) is 0. The molecule has 10 heavy (non-hydrogen) atoms. The zero-order chi connectivity index (χ0) is 7.56. The molecule has 0 fully saturated rings. The number of aromatic carboxylic acids is 1. The van der Waals surface area contributed by atoms with Crippen LogP contribution in [0, 0.1) is 0 Å². The van der Waals surface area contributed by atoms with Gasteiger partial charge in [0.15, 0.2) is 0 Å². The molecule has 0 spiro atoms. The Hall–Kier alpha value is -0.375. The molecule has 1 aromatic carbocycles. The van der Waals surface area contributed by atoms with E-state index >= 15 is 0 Å². The first-order valence-electron chi connectivity index (χ1n) is 2.85. The number of hydrogen-bond donors (Lipinski definition) is 1. The normalized spacial score (nSPS) is 9.40. The summed E-state index contributed by atoms with van der Waals surface area (Å²) in [5.41, 5.74) is 0.396. The van der Waals surface area contributed by atoms with Crippen LogP contribution in [-0.2, 0) is 26.1 Å². The van der Waals surface area contributed by atoms with Crippen LogP contribution in [0.15, 0.2) is 24.3 Å². The number of carbonyl (C=O) groups is 1. The molecular formula is C7H5HgO2. The molecule has 0 aliphatic carbocycles. The molecule has 0 unspecified atom stereocenters. The fourth-order valence-electron chi connectivity index (χ4n) is 0.704. The molecule has 2 nitrogen and oxygen atoms in total. The summed E-state index contributed by atoms with van der Waals surface area (Å²) in [6.07, 6.45) is 0. The predicted molar refractivity (Wildman–Crippen MR) is 33.0 cm³/mol. The van der Waals surface area contributed by atoms with Gasteiger partial charge in [-0.2, -0.15) is 0 Å². The van der Waals surface area contributed by atoms with Gasteiger partial charge >= 0.3 is 74.9 Å². The van der Waals surface area contributed by atoms with Crippen LogP contribution < -0.4 is 3.07 Å². The first kappa shape index (κ1) is 7.73. The Labute approximate surface area is 74.8 Å². The molecule has 0 bridgehead atoms. The van der Waals surface area contributed by atoms with Gasteiger partial charge in [-0.15, -0.1) is 0 Å². The topological polar surface area (TPSA) is 37.3 Å². The van der Waals surface area contributed by atoms with Gasteiger partial charge in [0.1, 0.15) is 0 Å². The summed E-state index contributed by atoms with van der Waals surface area (Å²) in [6.45, 7) is 0. The number of carboxylic acid groups (broad SMARTS) is 1. The quantitative estimate of drug-likeness (QED) is 0.767. The summed E-state index contributed by atoms with van der Waals surface area (Å²) < 4.78 is 1.17. The van der Waals surface area contributed by atoms with Gasteiger partial charge in [-0.05, 0) is 0 Å². The standard InChI is InChI=1S/C7H5O2.Hg/c8-7(9)6-4-2-1-3-5-6;/h1-2,4-5H,(H,8,9);. The van der Waals surface area contributed by atoms with Crippen LogP contribution in [0.4, 0.5) is 0 Å². The molecule has 1 N–H and O–H groups in total. The van der Waals surface area contributed by atoms with Gasteiger partial charge in [-0.25, -0.2) is 0 Å². The van der Waals surface area contributed by atoms with Crippen LogP contribution >= 0.6 is 0 Å². The van der Waals surface area contributed by atoms with E-state index in [4.69, 9.17) is 5.11 Å². The molecule has 0 heterocycles. The summed E-state index contributed by atoms with van der Waals surface area (Å²) in [5.74, 6) is -0.840. The monoisotopic (exact) mass is 323 g/mol. The average Bonchev–Trinajstić information content (AvgIpc) is 1.88. The molecule has 0 amide bonds. The third-order valence-electron chi connectivity index (χ3n) is 1.17. The third kappa shape index (κ3) is 1.80. The predicted octanol–water partition coefficient (Wildman–Crippen LogP) is 0.557. The maximum atomic E-state index is 10.4. The van der Waals surface area contributed by atoms with E-state index in [-0.39, 0.29) is 0 Å². The van der Waals surface area contributed by atoms with Crippen molar-refractivity contribution in [3.63, 3.8) is 0 Å². The van der Waals surface area contributed by atoms with Crippen molar-refractivity contribution in [2.75, 3.05) is 0 Å². The molecule has 0 radical (unpaired) electrons. The van der Waals surface area contributed by atoms with Gasteiger partial charge < -0.3 is 0 Å². The Kier molecular flexibility index (Phi) is 2.43. The van der Waals surface area contributed by atoms with Gasteiger partial charge in [0.05, 0.1) is 0 Å². The number of rotatable bonds is 1. The van der Waals surface area contributed by atoms with E-state index in [0.717, 1.165) is 0 Å². The van der Waals surface area contributed by atoms with Crippen molar-refractivity contribution in [2.45, 2.75) is 0 Å². The van der Waals surface area contributed by atoms with E-state index in [9.17, 15) is 4.79 Å². The molecule has 3 heteroatoms. The summed E-state index contributed by atoms with van der Waals surface area (Å²) in [6, 6.07) is 7.07. The Morgan fingerprint density at radius 1 is 1.50 bits per heavy atom. The molecular weight excluding hydrogens is 317 g/mol. The summed E-state index contributed by atoms with van der Waals surface area (Å²) in [5, 5.41) is 8.53. The molecule has 0 aromatic heterocycles. The first-order valence-corrected chi connectivity index (χ1v) is 5.60. The molecule has 1 aromatic rings. The third-order valence-corrected chi connectivity index (χ3v) is 2.88. The van der Waals surface area contributed by atoms with E-state index in [1.165, 1.54) is 3.07 Å². The molecule has 0 saturated carbocycles. The fourth-order valence-corrected chi connectivity index (χ4v) is 2.09. The van der Waals surface area contributed by atoms with E-state index in [0.29, 0.717) is 31.7 Å². The van der Waals surface area contributed by atoms with Crippen LogP contribution in [0.3, 0.4) is 0 Å². The molecule has 0 atom stereocenters. The summed E-state index contributed by atoms with van der Waals surface area (Å²) in [7, 11) is 0. The van der Waals surface area contributed by atoms with E-state index < -0.39 is 5.97 Å². The molecule has 1 rings (SSSR count). The Morgan fingerprint density at radius 2 is 2.20 bits per heavy atom. The number of benzene rings is 1. The van der Waals surface area contributed by atoms with E-state index in [1.54, 1.807) is 18.2 Å². The molecule has 0 saturated heterocycles. The maximum absolute atomic E-state index is 10.4. The Morgan fingerprint density at radius 3 is 2.60 bits per heavy atom. The van der Waals surface area contributed by atoms with Crippen molar-refractivity contribution in [3.8, 4) is 0 Å². The van der Waals surface area contributed by atoms with Crippen molar-refractivity contribution >= 4 is 9.04 Å². The van der Waals surface area contributed by atoms with E-state index in [2.05, 4.69) is 0 Å². The van der Waals surface area contributed by atoms with Crippen LogP contribution in [0.1, 0.15) is 10.4 Å². The van der Waals surface area contributed by atoms with Gasteiger partial charge in [-0.3, -0.25) is 0 Å². The number of hydrogen-bond acceptors (Lipinski definition) is 1. The van der Waals surface area contributed by atoms with Crippen molar-refractivity contribution < 1.29 is 36.0 Å².